The van der Waals surface area contributed by atoms with Gasteiger partial charge in [-0.25, -0.2) is 15.0 Å². The molecule has 0 unspecified atom stereocenters. The van der Waals surface area contributed by atoms with Gasteiger partial charge >= 0.3 is 0 Å². The predicted octanol–water partition coefficient (Wildman–Crippen LogP) is 18.5. The molecule has 16 aromatic rings. The molecule has 6 heterocycles. The van der Waals surface area contributed by atoms with Crippen LogP contribution in [0, 0.1) is 0 Å². The van der Waals surface area contributed by atoms with Crippen molar-refractivity contribution in [2.75, 3.05) is 0 Å². The first-order valence-electron chi connectivity index (χ1n) is 25.4. The number of thiophene rings is 2. The highest BCUT2D eigenvalue weighted by atomic mass is 32.1. The number of aromatic nitrogens is 6. The lowest BCUT2D eigenvalue weighted by molar-refractivity contribution is 1.07. The third-order valence-electron chi connectivity index (χ3n) is 15.0. The lowest BCUT2D eigenvalue weighted by Gasteiger charge is -2.14. The van der Waals surface area contributed by atoms with Gasteiger partial charge in [-0.05, 0) is 96.6 Å². The van der Waals surface area contributed by atoms with Gasteiger partial charge in [0.05, 0.1) is 27.8 Å². The molecule has 0 saturated heterocycles. The molecule has 8 heteroatoms. The molecular formula is C68H40N6S2. The van der Waals surface area contributed by atoms with Crippen LogP contribution in [0.3, 0.4) is 0 Å². The van der Waals surface area contributed by atoms with E-state index in [4.69, 9.17) is 19.9 Å². The summed E-state index contributed by atoms with van der Waals surface area (Å²) < 4.78 is 9.76. The van der Waals surface area contributed by atoms with Crippen LogP contribution in [-0.2, 0) is 0 Å². The Bertz CT molecular complexity index is 4920. The van der Waals surface area contributed by atoms with Gasteiger partial charge in [-0.15, -0.1) is 22.7 Å². The summed E-state index contributed by atoms with van der Waals surface area (Å²) in [4.78, 5) is 21.2. The van der Waals surface area contributed by atoms with E-state index in [9.17, 15) is 0 Å². The summed E-state index contributed by atoms with van der Waals surface area (Å²) in [5.41, 5.74) is 13.5. The summed E-state index contributed by atoms with van der Waals surface area (Å²) in [6.45, 7) is 0. The van der Waals surface area contributed by atoms with E-state index in [1.807, 2.05) is 65.3 Å². The van der Waals surface area contributed by atoms with Crippen LogP contribution in [0.5, 0.6) is 0 Å². The zero-order valence-electron chi connectivity index (χ0n) is 40.6. The van der Waals surface area contributed by atoms with Crippen LogP contribution >= 0.6 is 22.7 Å². The van der Waals surface area contributed by atoms with Crippen LogP contribution in [0.4, 0.5) is 0 Å². The lowest BCUT2D eigenvalue weighted by atomic mass is 9.98. The van der Waals surface area contributed by atoms with Gasteiger partial charge in [0.15, 0.2) is 17.5 Å². The molecule has 0 amide bonds. The first-order chi connectivity index (χ1) is 37.6. The number of fused-ring (bicyclic) bond motifs is 12. The lowest BCUT2D eigenvalue weighted by Crippen LogP contribution is -2.02. The van der Waals surface area contributed by atoms with Gasteiger partial charge in [0, 0.05) is 107 Å². The molecule has 0 radical (unpaired) electrons. The van der Waals surface area contributed by atoms with Crippen molar-refractivity contribution in [1.29, 1.82) is 0 Å². The summed E-state index contributed by atoms with van der Waals surface area (Å²) in [6, 6.07) is 84.6. The number of hydrogen-bond donors (Lipinski definition) is 0. The van der Waals surface area contributed by atoms with Gasteiger partial charge < -0.3 is 9.13 Å². The minimum absolute atomic E-state index is 0.555. The Morgan fingerprint density at radius 3 is 1.24 bits per heavy atom. The fourth-order valence-electron chi connectivity index (χ4n) is 11.5. The van der Waals surface area contributed by atoms with Crippen LogP contribution in [0.25, 0.3) is 152 Å². The molecule has 354 valence electrons. The second-order valence-corrected chi connectivity index (χ2v) is 21.6. The van der Waals surface area contributed by atoms with E-state index in [0.29, 0.717) is 17.5 Å². The summed E-state index contributed by atoms with van der Waals surface area (Å²) >= 11 is 3.68. The van der Waals surface area contributed by atoms with Gasteiger partial charge in [0.2, 0.25) is 0 Å². The van der Waals surface area contributed by atoms with Gasteiger partial charge in [0.1, 0.15) is 0 Å². The molecule has 0 atom stereocenters. The summed E-state index contributed by atoms with van der Waals surface area (Å²) in [6.07, 6.45) is 2.02. The third kappa shape index (κ3) is 6.78. The van der Waals surface area contributed by atoms with Crippen molar-refractivity contribution in [3.63, 3.8) is 0 Å². The molecule has 0 fully saturated rings. The molecule has 76 heavy (non-hydrogen) atoms. The minimum Gasteiger partial charge on any atom is -0.309 e. The molecule has 10 aromatic carbocycles. The Hall–Kier alpha value is -9.60. The predicted molar refractivity (Wildman–Crippen MR) is 319 cm³/mol. The molecule has 16 rings (SSSR count). The first kappa shape index (κ1) is 42.9. The molecule has 0 bridgehead atoms. The van der Waals surface area contributed by atoms with E-state index < -0.39 is 0 Å². The van der Waals surface area contributed by atoms with Gasteiger partial charge in [0.25, 0.3) is 0 Å². The zero-order chi connectivity index (χ0) is 49.8. The maximum atomic E-state index is 5.45. The smallest absolute Gasteiger partial charge is 0.166 e. The number of hydrogen-bond acceptors (Lipinski definition) is 6. The maximum Gasteiger partial charge on any atom is 0.166 e. The Morgan fingerprint density at radius 1 is 0.276 bits per heavy atom. The van der Waals surface area contributed by atoms with E-state index in [0.717, 1.165) is 50.4 Å². The second-order valence-electron chi connectivity index (χ2n) is 19.4. The van der Waals surface area contributed by atoms with Crippen molar-refractivity contribution in [2.24, 2.45) is 0 Å². The Morgan fingerprint density at radius 2 is 0.711 bits per heavy atom. The van der Waals surface area contributed by atoms with Crippen molar-refractivity contribution in [1.82, 2.24) is 29.1 Å². The largest absolute Gasteiger partial charge is 0.309 e. The van der Waals surface area contributed by atoms with Crippen LogP contribution in [0.1, 0.15) is 0 Å². The Labute approximate surface area is 443 Å². The fraction of sp³-hybridized carbons (Fsp3) is 0. The van der Waals surface area contributed by atoms with Crippen LogP contribution in [-0.4, -0.2) is 29.1 Å². The van der Waals surface area contributed by atoms with Gasteiger partial charge in [-0.2, -0.15) is 0 Å². The molecule has 0 spiro atoms. The van der Waals surface area contributed by atoms with E-state index in [1.165, 1.54) is 84.0 Å². The molecule has 0 N–H and O–H groups in total. The molecule has 0 aliphatic heterocycles. The zero-order valence-corrected chi connectivity index (χ0v) is 42.2. The topological polar surface area (TPSA) is 61.4 Å². The Kier molecular flexibility index (Phi) is 9.57. The summed E-state index contributed by atoms with van der Waals surface area (Å²) in [5.74, 6) is 1.76. The van der Waals surface area contributed by atoms with Crippen LogP contribution in [0.2, 0.25) is 0 Å². The number of benzene rings is 10. The van der Waals surface area contributed by atoms with Crippen molar-refractivity contribution in [2.45, 2.75) is 0 Å². The van der Waals surface area contributed by atoms with E-state index >= 15 is 0 Å². The number of pyridine rings is 1. The number of rotatable bonds is 7. The SMILES string of the molecule is c1ccc(-c2nc(-c3ccccc3)nc(-c3cc(-c4ccc5sc6cc7c8ccccc8n(-c8ccccc8)c7cc6c5c4)cnc3-c3ccc4sc5cc6c7ccccc7n(-c7ccccc7)c6cc5c4c3)n2)cc1. The standard InChI is InChI=1S/C68H40N6S2/c1-5-17-41(18-6-1)66-70-67(42-19-7-2-8-20-42)72-68(71-66)56-35-45(43-29-31-61-52(33-43)54-36-59-50(38-63(54)75-61)48-25-13-15-27-57(48)73(59)46-21-9-3-10-22-46)40-69-65(56)44-30-32-62-53(34-44)55-37-60-51(39-64(55)76-62)49-26-14-16-28-58(49)74(60)47-23-11-4-12-24-47/h1-40H. The maximum absolute atomic E-state index is 5.45. The van der Waals surface area contributed by atoms with Crippen LogP contribution in [0.15, 0.2) is 243 Å². The summed E-state index contributed by atoms with van der Waals surface area (Å²) in [7, 11) is 0. The average molecular weight is 1010 g/mol. The molecule has 6 nitrogen and oxygen atoms in total. The molecular weight excluding hydrogens is 965 g/mol. The van der Waals surface area contributed by atoms with Gasteiger partial charge in [-0.3, -0.25) is 4.98 Å². The monoisotopic (exact) mass is 1000 g/mol. The highest BCUT2D eigenvalue weighted by Gasteiger charge is 2.22. The average Bonchev–Trinajstić information content (AvgIpc) is 4.25. The van der Waals surface area contributed by atoms with Crippen molar-refractivity contribution in [3.8, 4) is 67.9 Å². The summed E-state index contributed by atoms with van der Waals surface area (Å²) in [5, 5.41) is 9.83. The van der Waals surface area contributed by atoms with Gasteiger partial charge in [-0.1, -0.05) is 146 Å². The molecule has 0 aliphatic rings. The van der Waals surface area contributed by atoms with E-state index in [1.54, 1.807) is 0 Å². The molecule has 6 aromatic heterocycles. The number of nitrogens with zero attached hydrogens (tertiary/aromatic N) is 6. The third-order valence-corrected chi connectivity index (χ3v) is 17.3. The normalized spacial score (nSPS) is 11.9. The van der Waals surface area contributed by atoms with Crippen LogP contribution < -0.4 is 0 Å². The first-order valence-corrected chi connectivity index (χ1v) is 27.1. The fourth-order valence-corrected chi connectivity index (χ4v) is 13.7. The van der Waals surface area contributed by atoms with E-state index in [-0.39, 0.29) is 0 Å². The van der Waals surface area contributed by atoms with Crippen molar-refractivity contribution >= 4 is 107 Å². The molecule has 0 saturated carbocycles. The second kappa shape index (κ2) is 17.0. The highest BCUT2D eigenvalue weighted by Crippen LogP contribution is 2.45. The molecule has 0 aliphatic carbocycles. The minimum atomic E-state index is 0.555. The Balaban J connectivity index is 0.910. The highest BCUT2D eigenvalue weighted by molar-refractivity contribution is 7.26. The van der Waals surface area contributed by atoms with Crippen molar-refractivity contribution < 1.29 is 0 Å². The quantitative estimate of drug-likeness (QED) is 0.160. The van der Waals surface area contributed by atoms with Crippen molar-refractivity contribution in [3.05, 3.63) is 243 Å². The number of para-hydroxylation sites is 4. The van der Waals surface area contributed by atoms with E-state index in [2.05, 4.69) is 209 Å².